The predicted molar refractivity (Wildman–Crippen MR) is 88.9 cm³/mol. The van der Waals surface area contributed by atoms with Crippen LogP contribution in [0.1, 0.15) is 22.8 Å². The topological polar surface area (TPSA) is 35.5 Å². The fraction of sp³-hybridized carbons (Fsp3) is 0.167. The van der Waals surface area contributed by atoms with Crippen molar-refractivity contribution in [3.05, 3.63) is 64.4 Å². The Bertz CT molecular complexity index is 741. The second-order valence-corrected chi connectivity index (χ2v) is 5.05. The van der Waals surface area contributed by atoms with Gasteiger partial charge in [-0.2, -0.15) is 0 Å². The summed E-state index contributed by atoms with van der Waals surface area (Å²) in [4.78, 5) is 12.0. The molecule has 0 unspecified atom stereocenters. The largest absolute Gasteiger partial charge is 0.491 e. The van der Waals surface area contributed by atoms with E-state index in [9.17, 15) is 9.18 Å². The van der Waals surface area contributed by atoms with Crippen LogP contribution >= 0.6 is 11.6 Å². The number of carbonyl (C=O) groups is 1. The van der Waals surface area contributed by atoms with Crippen LogP contribution in [-0.4, -0.2) is 19.5 Å². The Balaban J connectivity index is 2.29. The van der Waals surface area contributed by atoms with Gasteiger partial charge in [0.2, 0.25) is 0 Å². The Kier molecular flexibility index (Phi) is 5.77. The zero-order valence-corrected chi connectivity index (χ0v) is 13.6. The van der Waals surface area contributed by atoms with Gasteiger partial charge < -0.3 is 9.47 Å². The number of allylic oxidation sites excluding steroid dienone is 1. The molecule has 0 aliphatic carbocycles. The highest BCUT2D eigenvalue weighted by Crippen LogP contribution is 2.36. The maximum Gasteiger partial charge on any atom is 0.188 e. The highest BCUT2D eigenvalue weighted by Gasteiger charge is 2.11. The molecule has 0 aromatic heterocycles. The summed E-state index contributed by atoms with van der Waals surface area (Å²) in [7, 11) is 1.50. The number of carbonyl (C=O) groups excluding carboxylic acids is 1. The quantitative estimate of drug-likeness (QED) is 0.563. The van der Waals surface area contributed by atoms with Crippen LogP contribution in [0.25, 0.3) is 6.08 Å². The van der Waals surface area contributed by atoms with Crippen LogP contribution in [0.2, 0.25) is 5.02 Å². The Labute approximate surface area is 139 Å². The van der Waals surface area contributed by atoms with Crippen molar-refractivity contribution in [2.24, 2.45) is 0 Å². The van der Waals surface area contributed by atoms with Gasteiger partial charge in [-0.15, -0.1) is 0 Å². The molecule has 3 nitrogen and oxygen atoms in total. The van der Waals surface area contributed by atoms with E-state index in [2.05, 4.69) is 0 Å². The molecule has 23 heavy (non-hydrogen) atoms. The number of hydrogen-bond acceptors (Lipinski definition) is 3. The van der Waals surface area contributed by atoms with Crippen LogP contribution in [-0.2, 0) is 0 Å². The van der Waals surface area contributed by atoms with Gasteiger partial charge in [0.25, 0.3) is 0 Å². The summed E-state index contributed by atoms with van der Waals surface area (Å²) in [5.41, 5.74) is 0.678. The summed E-state index contributed by atoms with van der Waals surface area (Å²) in [6.07, 6.45) is 2.86. The van der Waals surface area contributed by atoms with Gasteiger partial charge in [0.05, 0.1) is 24.3 Å². The summed E-state index contributed by atoms with van der Waals surface area (Å²) in [5, 5.41) is 0.372. The van der Waals surface area contributed by atoms with Crippen molar-refractivity contribution in [2.75, 3.05) is 13.7 Å². The SMILES string of the molecule is CCOc1cc(/C=C/C(=O)c2ccccc2F)cc(Cl)c1OC. The molecule has 0 fully saturated rings. The summed E-state index contributed by atoms with van der Waals surface area (Å²) in [6, 6.07) is 9.19. The second kappa shape index (κ2) is 7.79. The molecule has 0 amide bonds. The van der Waals surface area contributed by atoms with Crippen LogP contribution in [0.15, 0.2) is 42.5 Å². The van der Waals surface area contributed by atoms with Gasteiger partial charge in [-0.1, -0.05) is 29.8 Å². The standard InChI is InChI=1S/C18H16ClFO3/c1-3-23-17-11-12(10-14(19)18(17)22-2)8-9-16(21)13-6-4-5-7-15(13)20/h4-11H,3H2,1-2H3/b9-8+. The third-order valence-corrected chi connectivity index (χ3v) is 3.38. The molecule has 0 aliphatic rings. The van der Waals surface area contributed by atoms with Crippen LogP contribution in [0.3, 0.4) is 0 Å². The zero-order chi connectivity index (χ0) is 16.8. The van der Waals surface area contributed by atoms with Crippen LogP contribution < -0.4 is 9.47 Å². The highest BCUT2D eigenvalue weighted by atomic mass is 35.5. The van der Waals surface area contributed by atoms with Crippen molar-refractivity contribution in [2.45, 2.75) is 6.92 Å². The van der Waals surface area contributed by atoms with Crippen molar-refractivity contribution < 1.29 is 18.7 Å². The molecular formula is C18H16ClFO3. The molecule has 0 saturated carbocycles. The molecule has 0 atom stereocenters. The smallest absolute Gasteiger partial charge is 0.188 e. The van der Waals surface area contributed by atoms with E-state index in [0.717, 1.165) is 0 Å². The second-order valence-electron chi connectivity index (χ2n) is 4.64. The Morgan fingerprint density at radius 1 is 1.30 bits per heavy atom. The molecule has 0 spiro atoms. The number of benzene rings is 2. The first kappa shape index (κ1) is 17.0. The predicted octanol–water partition coefficient (Wildman–Crippen LogP) is 4.78. The molecule has 2 aromatic carbocycles. The molecule has 0 radical (unpaired) electrons. The molecule has 5 heteroatoms. The zero-order valence-electron chi connectivity index (χ0n) is 12.8. The van der Waals surface area contributed by atoms with Gasteiger partial charge in [-0.25, -0.2) is 4.39 Å². The lowest BCUT2D eigenvalue weighted by atomic mass is 10.1. The van der Waals surface area contributed by atoms with E-state index in [1.165, 1.54) is 31.4 Å². The third-order valence-electron chi connectivity index (χ3n) is 3.10. The van der Waals surface area contributed by atoms with Crippen molar-refractivity contribution in [1.82, 2.24) is 0 Å². The number of methoxy groups -OCH3 is 1. The van der Waals surface area contributed by atoms with E-state index in [1.54, 1.807) is 24.3 Å². The number of rotatable bonds is 6. The van der Waals surface area contributed by atoms with E-state index in [-0.39, 0.29) is 5.56 Å². The summed E-state index contributed by atoms with van der Waals surface area (Å²) < 4.78 is 24.2. The van der Waals surface area contributed by atoms with E-state index >= 15 is 0 Å². The average Bonchev–Trinajstić information content (AvgIpc) is 2.53. The van der Waals surface area contributed by atoms with Crippen LogP contribution in [0.4, 0.5) is 4.39 Å². The Morgan fingerprint density at radius 2 is 2.04 bits per heavy atom. The molecule has 0 heterocycles. The van der Waals surface area contributed by atoms with Gasteiger partial charge in [-0.05, 0) is 42.8 Å². The fourth-order valence-electron chi connectivity index (χ4n) is 2.07. The third kappa shape index (κ3) is 4.11. The molecular weight excluding hydrogens is 319 g/mol. The fourth-order valence-corrected chi connectivity index (χ4v) is 2.36. The molecule has 2 aromatic rings. The van der Waals surface area contributed by atoms with E-state index in [4.69, 9.17) is 21.1 Å². The minimum atomic E-state index is -0.551. The molecule has 0 bridgehead atoms. The van der Waals surface area contributed by atoms with E-state index in [1.807, 2.05) is 6.92 Å². The molecule has 120 valence electrons. The van der Waals surface area contributed by atoms with Gasteiger partial charge >= 0.3 is 0 Å². The normalized spacial score (nSPS) is 10.8. The van der Waals surface area contributed by atoms with Crippen molar-refractivity contribution in [3.63, 3.8) is 0 Å². The average molecular weight is 335 g/mol. The minimum absolute atomic E-state index is 0.0217. The number of halogens is 2. The molecule has 0 N–H and O–H groups in total. The molecule has 2 rings (SSSR count). The number of hydrogen-bond donors (Lipinski definition) is 0. The summed E-state index contributed by atoms with van der Waals surface area (Å²) in [6.45, 7) is 2.30. The lowest BCUT2D eigenvalue weighted by Crippen LogP contribution is -1.98. The maximum absolute atomic E-state index is 13.6. The van der Waals surface area contributed by atoms with Gasteiger partial charge in [0, 0.05) is 0 Å². The van der Waals surface area contributed by atoms with Crippen LogP contribution in [0.5, 0.6) is 11.5 Å². The van der Waals surface area contributed by atoms with E-state index in [0.29, 0.717) is 28.7 Å². The van der Waals surface area contributed by atoms with Gasteiger partial charge in [-0.3, -0.25) is 4.79 Å². The van der Waals surface area contributed by atoms with Crippen molar-refractivity contribution in [3.8, 4) is 11.5 Å². The molecule has 0 aliphatic heterocycles. The number of ether oxygens (including phenoxy) is 2. The summed E-state index contributed by atoms with van der Waals surface area (Å²) >= 11 is 6.14. The lowest BCUT2D eigenvalue weighted by Gasteiger charge is -2.11. The number of ketones is 1. The summed E-state index contributed by atoms with van der Waals surface area (Å²) in [5.74, 6) is -0.0514. The maximum atomic E-state index is 13.6. The van der Waals surface area contributed by atoms with Crippen molar-refractivity contribution in [1.29, 1.82) is 0 Å². The van der Waals surface area contributed by atoms with Crippen LogP contribution in [0, 0.1) is 5.82 Å². The highest BCUT2D eigenvalue weighted by molar-refractivity contribution is 6.32. The first-order valence-corrected chi connectivity index (χ1v) is 7.42. The Morgan fingerprint density at radius 3 is 2.70 bits per heavy atom. The van der Waals surface area contributed by atoms with Crippen molar-refractivity contribution >= 4 is 23.5 Å². The molecule has 0 saturated heterocycles. The first-order chi connectivity index (χ1) is 11.1. The van der Waals surface area contributed by atoms with Gasteiger partial charge in [0.1, 0.15) is 5.82 Å². The monoisotopic (exact) mass is 334 g/mol. The van der Waals surface area contributed by atoms with Gasteiger partial charge in [0.15, 0.2) is 17.3 Å². The lowest BCUT2D eigenvalue weighted by molar-refractivity contribution is 0.104. The minimum Gasteiger partial charge on any atom is -0.491 e. The first-order valence-electron chi connectivity index (χ1n) is 7.04. The van der Waals surface area contributed by atoms with E-state index < -0.39 is 11.6 Å². The Hall–Kier alpha value is -2.33.